The average molecular weight is 201 g/mol. The molecule has 0 aromatic heterocycles. The molecule has 0 rings (SSSR count). The SMILES string of the molecule is CNC(CCCN(C)C)CCN(C)C. The minimum Gasteiger partial charge on any atom is -0.317 e. The Morgan fingerprint density at radius 2 is 1.50 bits per heavy atom. The topological polar surface area (TPSA) is 18.5 Å². The van der Waals surface area contributed by atoms with Gasteiger partial charge in [0.05, 0.1) is 0 Å². The zero-order valence-electron chi connectivity index (χ0n) is 10.5. The molecule has 0 aliphatic rings. The fraction of sp³-hybridized carbons (Fsp3) is 1.00. The fourth-order valence-electron chi connectivity index (χ4n) is 1.50. The monoisotopic (exact) mass is 201 g/mol. The molecule has 1 unspecified atom stereocenters. The summed E-state index contributed by atoms with van der Waals surface area (Å²) in [6, 6.07) is 0.678. The van der Waals surface area contributed by atoms with Crippen molar-refractivity contribution in [1.29, 1.82) is 0 Å². The number of nitrogens with one attached hydrogen (secondary N) is 1. The Morgan fingerprint density at radius 3 is 1.93 bits per heavy atom. The smallest absolute Gasteiger partial charge is 0.00767 e. The summed E-state index contributed by atoms with van der Waals surface area (Å²) in [5, 5.41) is 3.39. The number of hydrogen-bond acceptors (Lipinski definition) is 3. The molecule has 0 spiro atoms. The maximum Gasteiger partial charge on any atom is 0.00767 e. The van der Waals surface area contributed by atoms with Crippen molar-refractivity contribution in [1.82, 2.24) is 15.1 Å². The van der Waals surface area contributed by atoms with Crippen LogP contribution in [0.1, 0.15) is 19.3 Å². The molecule has 14 heavy (non-hydrogen) atoms. The Morgan fingerprint density at radius 1 is 0.929 bits per heavy atom. The summed E-state index contributed by atoms with van der Waals surface area (Å²) < 4.78 is 0. The van der Waals surface area contributed by atoms with Gasteiger partial charge in [-0.3, -0.25) is 0 Å². The van der Waals surface area contributed by atoms with Crippen LogP contribution < -0.4 is 5.32 Å². The second kappa shape index (κ2) is 8.21. The minimum atomic E-state index is 0.678. The summed E-state index contributed by atoms with van der Waals surface area (Å²) in [6.45, 7) is 2.37. The molecule has 0 bridgehead atoms. The lowest BCUT2D eigenvalue weighted by atomic mass is 10.1. The van der Waals surface area contributed by atoms with E-state index >= 15 is 0 Å². The van der Waals surface area contributed by atoms with Gasteiger partial charge in [0.2, 0.25) is 0 Å². The Kier molecular flexibility index (Phi) is 8.14. The first-order chi connectivity index (χ1) is 6.56. The molecule has 0 radical (unpaired) electrons. The molecule has 86 valence electrons. The second-order valence-electron chi connectivity index (χ2n) is 4.52. The van der Waals surface area contributed by atoms with Crippen LogP contribution in [0, 0.1) is 0 Å². The van der Waals surface area contributed by atoms with Crippen LogP contribution in [0.4, 0.5) is 0 Å². The normalized spacial score (nSPS) is 13.9. The van der Waals surface area contributed by atoms with Crippen molar-refractivity contribution >= 4 is 0 Å². The third kappa shape index (κ3) is 8.48. The highest BCUT2D eigenvalue weighted by Crippen LogP contribution is 2.02. The lowest BCUT2D eigenvalue weighted by Gasteiger charge is -2.19. The standard InChI is InChI=1S/C11H27N3/c1-12-11(8-10-14(4)5)7-6-9-13(2)3/h11-12H,6-10H2,1-5H3. The van der Waals surface area contributed by atoms with Gasteiger partial charge in [0.1, 0.15) is 0 Å². The summed E-state index contributed by atoms with van der Waals surface area (Å²) in [4.78, 5) is 4.49. The summed E-state index contributed by atoms with van der Waals surface area (Å²) in [5.41, 5.74) is 0. The molecule has 3 heteroatoms. The third-order valence-corrected chi connectivity index (χ3v) is 2.49. The van der Waals surface area contributed by atoms with E-state index in [4.69, 9.17) is 0 Å². The molecular formula is C11H27N3. The molecule has 0 saturated carbocycles. The van der Waals surface area contributed by atoms with Gasteiger partial charge < -0.3 is 15.1 Å². The predicted molar refractivity (Wildman–Crippen MR) is 63.8 cm³/mol. The van der Waals surface area contributed by atoms with E-state index in [1.165, 1.54) is 32.4 Å². The van der Waals surface area contributed by atoms with Crippen LogP contribution in [0.25, 0.3) is 0 Å². The number of nitrogens with zero attached hydrogens (tertiary/aromatic N) is 2. The van der Waals surface area contributed by atoms with E-state index in [1.54, 1.807) is 0 Å². The largest absolute Gasteiger partial charge is 0.317 e. The summed E-state index contributed by atoms with van der Waals surface area (Å²) in [5.74, 6) is 0. The summed E-state index contributed by atoms with van der Waals surface area (Å²) in [7, 11) is 10.6. The van der Waals surface area contributed by atoms with Crippen molar-refractivity contribution in [3.63, 3.8) is 0 Å². The average Bonchev–Trinajstić information content (AvgIpc) is 2.10. The Hall–Kier alpha value is -0.120. The second-order valence-corrected chi connectivity index (χ2v) is 4.52. The van der Waals surface area contributed by atoms with Gasteiger partial charge >= 0.3 is 0 Å². The number of hydrogen-bond donors (Lipinski definition) is 1. The minimum absolute atomic E-state index is 0.678. The van der Waals surface area contributed by atoms with E-state index in [-0.39, 0.29) is 0 Å². The van der Waals surface area contributed by atoms with Gasteiger partial charge in [0.25, 0.3) is 0 Å². The summed E-state index contributed by atoms with van der Waals surface area (Å²) >= 11 is 0. The van der Waals surface area contributed by atoms with Gasteiger partial charge in [-0.2, -0.15) is 0 Å². The molecule has 0 heterocycles. The highest BCUT2D eigenvalue weighted by molar-refractivity contribution is 4.66. The van der Waals surface area contributed by atoms with Crippen molar-refractivity contribution in [2.45, 2.75) is 25.3 Å². The molecule has 0 aromatic rings. The molecule has 0 saturated heterocycles. The zero-order valence-corrected chi connectivity index (χ0v) is 10.5. The van der Waals surface area contributed by atoms with Crippen LogP contribution in [0.3, 0.4) is 0 Å². The van der Waals surface area contributed by atoms with Gasteiger partial charge in [0.15, 0.2) is 0 Å². The van der Waals surface area contributed by atoms with Gasteiger partial charge in [-0.25, -0.2) is 0 Å². The highest BCUT2D eigenvalue weighted by atomic mass is 15.1. The zero-order chi connectivity index (χ0) is 11.0. The van der Waals surface area contributed by atoms with Gasteiger partial charge in [-0.1, -0.05) is 0 Å². The maximum absolute atomic E-state index is 3.39. The van der Waals surface area contributed by atoms with Gasteiger partial charge in [-0.05, 0) is 67.6 Å². The Labute approximate surface area is 89.5 Å². The Balaban J connectivity index is 3.48. The Bertz CT molecular complexity index is 124. The van der Waals surface area contributed by atoms with Crippen LogP contribution in [-0.4, -0.2) is 64.2 Å². The molecule has 3 nitrogen and oxygen atoms in total. The third-order valence-electron chi connectivity index (χ3n) is 2.49. The van der Waals surface area contributed by atoms with Crippen molar-refractivity contribution in [3.05, 3.63) is 0 Å². The molecule has 1 N–H and O–H groups in total. The van der Waals surface area contributed by atoms with Crippen molar-refractivity contribution in [2.24, 2.45) is 0 Å². The number of rotatable bonds is 8. The molecule has 0 aliphatic carbocycles. The quantitative estimate of drug-likeness (QED) is 0.628. The van der Waals surface area contributed by atoms with E-state index in [9.17, 15) is 0 Å². The molecule has 1 atom stereocenters. The van der Waals surface area contributed by atoms with Crippen molar-refractivity contribution in [2.75, 3.05) is 48.3 Å². The summed E-state index contributed by atoms with van der Waals surface area (Å²) in [6.07, 6.45) is 3.81. The van der Waals surface area contributed by atoms with E-state index in [0.29, 0.717) is 6.04 Å². The molecular weight excluding hydrogens is 174 g/mol. The highest BCUT2D eigenvalue weighted by Gasteiger charge is 2.06. The van der Waals surface area contributed by atoms with Crippen molar-refractivity contribution in [3.8, 4) is 0 Å². The van der Waals surface area contributed by atoms with Crippen LogP contribution in [-0.2, 0) is 0 Å². The molecule has 0 fully saturated rings. The van der Waals surface area contributed by atoms with E-state index in [0.717, 1.165) is 0 Å². The van der Waals surface area contributed by atoms with Crippen LogP contribution in [0.5, 0.6) is 0 Å². The van der Waals surface area contributed by atoms with Crippen LogP contribution in [0.2, 0.25) is 0 Å². The first-order valence-corrected chi connectivity index (χ1v) is 5.53. The maximum atomic E-state index is 3.39. The van der Waals surface area contributed by atoms with Gasteiger partial charge in [-0.15, -0.1) is 0 Å². The molecule has 0 amide bonds. The fourth-order valence-corrected chi connectivity index (χ4v) is 1.50. The molecule has 0 aromatic carbocycles. The van der Waals surface area contributed by atoms with E-state index in [1.807, 2.05) is 0 Å². The van der Waals surface area contributed by atoms with Crippen LogP contribution in [0.15, 0.2) is 0 Å². The van der Waals surface area contributed by atoms with E-state index < -0.39 is 0 Å². The van der Waals surface area contributed by atoms with Crippen molar-refractivity contribution < 1.29 is 0 Å². The first kappa shape index (κ1) is 13.9. The predicted octanol–water partition coefficient (Wildman–Crippen LogP) is 0.868. The van der Waals surface area contributed by atoms with Crippen LogP contribution >= 0.6 is 0 Å². The molecule has 0 aliphatic heterocycles. The van der Waals surface area contributed by atoms with Gasteiger partial charge in [0, 0.05) is 6.04 Å². The van der Waals surface area contributed by atoms with E-state index in [2.05, 4.69) is 50.4 Å². The first-order valence-electron chi connectivity index (χ1n) is 5.53. The lowest BCUT2D eigenvalue weighted by molar-refractivity contribution is 0.336. The lowest BCUT2D eigenvalue weighted by Crippen LogP contribution is -2.30.